The summed E-state index contributed by atoms with van der Waals surface area (Å²) in [7, 11) is 0. The van der Waals surface area contributed by atoms with Gasteiger partial charge in [0.25, 0.3) is 0 Å². The first-order valence-corrected chi connectivity index (χ1v) is 0. The number of rotatable bonds is 0. The molecule has 0 aromatic heterocycles. The van der Waals surface area contributed by atoms with E-state index in [-0.39, 0.29) is 93.5 Å². The number of hydrogen-bond acceptors (Lipinski definition) is 0. The Bertz CT molecular complexity index is 7.51. The first kappa shape index (κ1) is 75.6. The second kappa shape index (κ2) is 50.2. The molecule has 0 bridgehead atoms. The molecule has 6 heteroatoms. The predicted octanol–water partition coefficient (Wildman–Crippen LogP) is -12.8. The van der Waals surface area contributed by atoms with E-state index in [0.29, 0.717) is 0 Å². The van der Waals surface area contributed by atoms with Crippen molar-refractivity contribution in [3.63, 3.8) is 0 Å². The third-order valence-corrected chi connectivity index (χ3v) is 0. The third-order valence-electron chi connectivity index (χ3n) is 0. The summed E-state index contributed by atoms with van der Waals surface area (Å²) in [5.41, 5.74) is 0. The van der Waals surface area contributed by atoms with Gasteiger partial charge in [-0.3, -0.25) is 0 Å². The summed E-state index contributed by atoms with van der Waals surface area (Å²) < 4.78 is 0. The van der Waals surface area contributed by atoms with Crippen LogP contribution in [0, 0.1) is 0 Å². The zero-order valence-corrected chi connectivity index (χ0v) is 11.1. The Kier molecular flexibility index (Phi) is 632. The fraction of sp³-hybridized carbons (Fsp3) is 0. The first-order valence-electron chi connectivity index (χ1n) is 0. The molecule has 0 aliphatic carbocycles. The van der Waals surface area contributed by atoms with Crippen molar-refractivity contribution in [3.8, 4) is 0 Å². The van der Waals surface area contributed by atoms with Gasteiger partial charge in [-0.1, -0.05) is 0 Å². The van der Waals surface area contributed by atoms with Crippen molar-refractivity contribution in [2.24, 2.45) is 0 Å². The van der Waals surface area contributed by atoms with E-state index in [4.69, 9.17) is 0 Å². The summed E-state index contributed by atoms with van der Waals surface area (Å²) in [5, 5.41) is 0. The van der Waals surface area contributed by atoms with Crippen LogP contribution in [0.3, 0.4) is 0 Å². The SMILES string of the molecule is O.[Br-].[Br-].[Br-].[Br-].[Ir]. The Labute approximate surface area is 92.4 Å². The average molecular weight is 530 g/mol. The van der Waals surface area contributed by atoms with E-state index < -0.39 is 0 Å². The number of hydrogen-bond donors (Lipinski definition) is 0. The van der Waals surface area contributed by atoms with Crippen molar-refractivity contribution < 1.29 is 93.5 Å². The van der Waals surface area contributed by atoms with Gasteiger partial charge in [-0.2, -0.15) is 0 Å². The van der Waals surface area contributed by atoms with Crippen LogP contribution in [-0.4, -0.2) is 5.48 Å². The van der Waals surface area contributed by atoms with E-state index in [0.717, 1.165) is 0 Å². The molecule has 49 valence electrons. The van der Waals surface area contributed by atoms with Crippen molar-refractivity contribution in [2.75, 3.05) is 0 Å². The fourth-order valence-corrected chi connectivity index (χ4v) is 0. The molecule has 1 radical (unpaired) electrons. The van der Waals surface area contributed by atoms with Crippen LogP contribution in [0.4, 0.5) is 0 Å². The predicted molar refractivity (Wildman–Crippen MR) is 3.61 cm³/mol. The summed E-state index contributed by atoms with van der Waals surface area (Å²) >= 11 is 0. The molecule has 0 unspecified atom stereocenters. The summed E-state index contributed by atoms with van der Waals surface area (Å²) in [6, 6.07) is 0. The first-order chi connectivity index (χ1) is 0. The van der Waals surface area contributed by atoms with Gasteiger partial charge in [-0.05, 0) is 0 Å². The number of halogens is 4. The van der Waals surface area contributed by atoms with Gasteiger partial charge >= 0.3 is 0 Å². The summed E-state index contributed by atoms with van der Waals surface area (Å²) in [6.45, 7) is 0. The minimum atomic E-state index is 0. The zero-order chi connectivity index (χ0) is 0. The molecule has 0 atom stereocenters. The largest absolute Gasteiger partial charge is 1.00 e. The van der Waals surface area contributed by atoms with Crippen LogP contribution in [0.25, 0.3) is 0 Å². The standard InChI is InChI=1S/4BrH.Ir.H2O/h4*1H;;1H2/p-4. The van der Waals surface area contributed by atoms with Gasteiger partial charge in [0.15, 0.2) is 0 Å². The third kappa shape index (κ3) is 31.2. The van der Waals surface area contributed by atoms with Gasteiger partial charge in [0, 0.05) is 20.1 Å². The topological polar surface area (TPSA) is 31.5 Å². The van der Waals surface area contributed by atoms with Crippen LogP contribution in [0.1, 0.15) is 0 Å². The average Bonchev–Trinajstić information content (AvgIpc) is 0. The fourth-order valence-electron chi connectivity index (χ4n) is 0. The maximum Gasteiger partial charge on any atom is 0 e. The molecule has 0 aliphatic heterocycles. The monoisotopic (exact) mass is 527 g/mol. The van der Waals surface area contributed by atoms with Gasteiger partial charge in [-0.15, -0.1) is 0 Å². The van der Waals surface area contributed by atoms with E-state index in [2.05, 4.69) is 0 Å². The summed E-state index contributed by atoms with van der Waals surface area (Å²) in [6.07, 6.45) is 0. The molecule has 0 aromatic carbocycles. The quantitative estimate of drug-likeness (QED) is 0.299. The molecule has 0 rings (SSSR count). The molecule has 0 aromatic rings. The Hall–Kier alpha value is 2.53. The molecule has 0 heterocycles. The maximum atomic E-state index is 0. The smallest absolute Gasteiger partial charge is 0 e. The Morgan fingerprint density at radius 1 is 0.500 bits per heavy atom. The van der Waals surface area contributed by atoms with Crippen LogP contribution < -0.4 is 67.9 Å². The van der Waals surface area contributed by atoms with Crippen LogP contribution >= 0.6 is 0 Å². The van der Waals surface area contributed by atoms with E-state index in [1.54, 1.807) is 0 Å². The van der Waals surface area contributed by atoms with E-state index in [1.165, 1.54) is 0 Å². The Morgan fingerprint density at radius 2 is 0.500 bits per heavy atom. The second-order valence-electron chi connectivity index (χ2n) is 0. The van der Waals surface area contributed by atoms with Crippen molar-refractivity contribution in [2.45, 2.75) is 0 Å². The van der Waals surface area contributed by atoms with Gasteiger partial charge in [0.05, 0.1) is 0 Å². The molecule has 1 nitrogen and oxygen atoms in total. The molecule has 2 N–H and O–H groups in total. The van der Waals surface area contributed by atoms with Crippen molar-refractivity contribution >= 4 is 0 Å². The van der Waals surface area contributed by atoms with E-state index in [1.807, 2.05) is 0 Å². The molecule has 0 amide bonds. The summed E-state index contributed by atoms with van der Waals surface area (Å²) in [4.78, 5) is 0. The Morgan fingerprint density at radius 3 is 0.500 bits per heavy atom. The molecular formula is H2Br4IrO-4. The van der Waals surface area contributed by atoms with Gasteiger partial charge < -0.3 is 73.4 Å². The molecule has 0 fully saturated rings. The van der Waals surface area contributed by atoms with Crippen LogP contribution in [0.15, 0.2) is 0 Å². The summed E-state index contributed by atoms with van der Waals surface area (Å²) in [5.74, 6) is 0. The maximum absolute atomic E-state index is 0. The normalized spacial score (nSPS) is 0. The van der Waals surface area contributed by atoms with Crippen LogP contribution in [0.5, 0.6) is 0 Å². The van der Waals surface area contributed by atoms with Gasteiger partial charge in [-0.25, -0.2) is 0 Å². The van der Waals surface area contributed by atoms with Crippen molar-refractivity contribution in [1.29, 1.82) is 0 Å². The molecule has 0 saturated carbocycles. The minimum Gasteiger partial charge on any atom is -1.00 e. The van der Waals surface area contributed by atoms with Crippen molar-refractivity contribution in [3.05, 3.63) is 0 Å². The Balaban J connectivity index is 0. The molecular weight excluding hydrogens is 528 g/mol. The molecule has 0 spiro atoms. The second-order valence-corrected chi connectivity index (χ2v) is 0. The van der Waals surface area contributed by atoms with Crippen LogP contribution in [-0.2, 0) is 20.1 Å². The van der Waals surface area contributed by atoms with E-state index >= 15 is 0 Å². The minimum absolute atomic E-state index is 0. The molecule has 0 saturated heterocycles. The van der Waals surface area contributed by atoms with Crippen molar-refractivity contribution in [1.82, 2.24) is 0 Å². The van der Waals surface area contributed by atoms with Gasteiger partial charge in [0.2, 0.25) is 0 Å². The van der Waals surface area contributed by atoms with Gasteiger partial charge in [0.1, 0.15) is 0 Å². The molecule has 6 heavy (non-hydrogen) atoms. The van der Waals surface area contributed by atoms with Crippen LogP contribution in [0.2, 0.25) is 0 Å². The van der Waals surface area contributed by atoms with E-state index in [9.17, 15) is 0 Å². The molecule has 0 aliphatic rings. The zero-order valence-electron chi connectivity index (χ0n) is 2.35.